The van der Waals surface area contributed by atoms with Crippen LogP contribution < -0.4 is 5.32 Å². The zero-order valence-corrected chi connectivity index (χ0v) is 12.1. The molecule has 0 aromatic rings. The van der Waals surface area contributed by atoms with E-state index in [0.29, 0.717) is 0 Å². The molecule has 1 nitrogen and oxygen atoms in total. The van der Waals surface area contributed by atoms with Crippen molar-refractivity contribution >= 4 is 0 Å². The smallest absolute Gasteiger partial charge is 0.00923 e. The number of nitrogens with one attached hydrogen (secondary N) is 1. The van der Waals surface area contributed by atoms with Crippen LogP contribution in [0, 0.1) is 5.92 Å². The molecule has 1 aliphatic carbocycles. The molecule has 1 aliphatic rings. The van der Waals surface area contributed by atoms with E-state index in [0.717, 1.165) is 12.0 Å². The largest absolute Gasteiger partial charge is 0.317 e. The van der Waals surface area contributed by atoms with Gasteiger partial charge in [0.25, 0.3) is 0 Å². The first-order valence-corrected chi connectivity index (χ1v) is 8.05. The van der Waals surface area contributed by atoms with E-state index in [2.05, 4.69) is 19.3 Å². The van der Waals surface area contributed by atoms with Crippen molar-refractivity contribution < 1.29 is 0 Å². The second-order valence-corrected chi connectivity index (χ2v) is 5.85. The lowest BCUT2D eigenvalue weighted by atomic mass is 9.84. The average molecular weight is 239 g/mol. The number of unbranched alkanes of at least 4 members (excludes halogenated alkanes) is 3. The molecule has 1 rings (SSSR count). The summed E-state index contributed by atoms with van der Waals surface area (Å²) in [6, 6.07) is 0.796. The maximum atomic E-state index is 3.60. The topological polar surface area (TPSA) is 12.0 Å². The predicted molar refractivity (Wildman–Crippen MR) is 77.4 cm³/mol. The first-order valence-electron chi connectivity index (χ1n) is 8.05. The highest BCUT2D eigenvalue weighted by Crippen LogP contribution is 2.27. The molecule has 0 heterocycles. The van der Waals surface area contributed by atoms with Gasteiger partial charge < -0.3 is 5.32 Å². The lowest BCUT2D eigenvalue weighted by Gasteiger charge is -2.28. The summed E-state index contributed by atoms with van der Waals surface area (Å²) in [5, 5.41) is 3.60. The van der Waals surface area contributed by atoms with Crippen molar-refractivity contribution in [3.05, 3.63) is 0 Å². The van der Waals surface area contributed by atoms with Crippen molar-refractivity contribution in [3.63, 3.8) is 0 Å². The van der Waals surface area contributed by atoms with Crippen molar-refractivity contribution in [3.8, 4) is 0 Å². The van der Waals surface area contributed by atoms with Gasteiger partial charge in [-0.2, -0.15) is 0 Å². The fourth-order valence-electron chi connectivity index (χ4n) is 3.30. The van der Waals surface area contributed by atoms with E-state index in [9.17, 15) is 0 Å². The molecule has 1 heteroatoms. The summed E-state index contributed by atoms with van der Waals surface area (Å²) < 4.78 is 0. The van der Waals surface area contributed by atoms with Crippen LogP contribution in [-0.4, -0.2) is 13.1 Å². The molecule has 0 spiro atoms. The Morgan fingerprint density at radius 2 is 1.59 bits per heavy atom. The van der Waals surface area contributed by atoms with Gasteiger partial charge >= 0.3 is 0 Å². The minimum absolute atomic E-state index is 0.796. The van der Waals surface area contributed by atoms with E-state index < -0.39 is 0 Å². The molecule has 102 valence electrons. The van der Waals surface area contributed by atoms with Crippen LogP contribution in [-0.2, 0) is 0 Å². The summed E-state index contributed by atoms with van der Waals surface area (Å²) >= 11 is 0. The molecule has 1 saturated carbocycles. The lowest BCUT2D eigenvalue weighted by Crippen LogP contribution is -2.34. The quantitative estimate of drug-likeness (QED) is 0.623. The Morgan fingerprint density at radius 3 is 2.18 bits per heavy atom. The van der Waals surface area contributed by atoms with Gasteiger partial charge in [0.2, 0.25) is 0 Å². The third-order valence-electron chi connectivity index (χ3n) is 4.46. The van der Waals surface area contributed by atoms with Crippen molar-refractivity contribution in [2.75, 3.05) is 7.05 Å². The molecule has 17 heavy (non-hydrogen) atoms. The number of rotatable bonds is 7. The van der Waals surface area contributed by atoms with Gasteiger partial charge in [-0.1, -0.05) is 64.7 Å². The van der Waals surface area contributed by atoms with Crippen LogP contribution in [0.2, 0.25) is 0 Å². The Bertz CT molecular complexity index is 159. The van der Waals surface area contributed by atoms with Crippen LogP contribution in [0.3, 0.4) is 0 Å². The van der Waals surface area contributed by atoms with Crippen LogP contribution in [0.4, 0.5) is 0 Å². The van der Waals surface area contributed by atoms with E-state index in [-0.39, 0.29) is 0 Å². The van der Waals surface area contributed by atoms with Gasteiger partial charge in [0.15, 0.2) is 0 Å². The van der Waals surface area contributed by atoms with Crippen molar-refractivity contribution in [1.29, 1.82) is 0 Å². The Kier molecular flexibility index (Phi) is 8.78. The number of hydrogen-bond acceptors (Lipinski definition) is 1. The highest BCUT2D eigenvalue weighted by molar-refractivity contribution is 4.76. The SMILES string of the molecule is CCCCCCC(NC)C1CCCCCCC1. The normalized spacial score (nSPS) is 20.8. The van der Waals surface area contributed by atoms with E-state index in [1.807, 2.05) is 0 Å². The summed E-state index contributed by atoms with van der Waals surface area (Å²) in [6.07, 6.45) is 17.3. The first kappa shape index (κ1) is 15.0. The Labute approximate surface area is 109 Å². The molecule has 0 aliphatic heterocycles. The van der Waals surface area contributed by atoms with E-state index in [1.165, 1.54) is 77.0 Å². The van der Waals surface area contributed by atoms with Crippen molar-refractivity contribution in [2.24, 2.45) is 5.92 Å². The van der Waals surface area contributed by atoms with E-state index in [4.69, 9.17) is 0 Å². The minimum Gasteiger partial charge on any atom is -0.317 e. The molecule has 0 saturated heterocycles. The average Bonchev–Trinajstić information content (AvgIpc) is 2.30. The summed E-state index contributed by atoms with van der Waals surface area (Å²) in [5.41, 5.74) is 0. The van der Waals surface area contributed by atoms with Gasteiger partial charge in [0.1, 0.15) is 0 Å². The Hall–Kier alpha value is -0.0400. The Balaban J connectivity index is 2.25. The maximum Gasteiger partial charge on any atom is 0.00923 e. The molecule has 1 N–H and O–H groups in total. The molecule has 0 radical (unpaired) electrons. The molecule has 1 atom stereocenters. The summed E-state index contributed by atoms with van der Waals surface area (Å²) in [7, 11) is 2.17. The van der Waals surface area contributed by atoms with Crippen LogP contribution in [0.25, 0.3) is 0 Å². The van der Waals surface area contributed by atoms with E-state index >= 15 is 0 Å². The van der Waals surface area contributed by atoms with Gasteiger partial charge in [0.05, 0.1) is 0 Å². The van der Waals surface area contributed by atoms with Gasteiger partial charge in [0, 0.05) is 6.04 Å². The lowest BCUT2D eigenvalue weighted by molar-refractivity contribution is 0.279. The minimum atomic E-state index is 0.796. The van der Waals surface area contributed by atoms with Crippen LogP contribution >= 0.6 is 0 Å². The second-order valence-electron chi connectivity index (χ2n) is 5.85. The summed E-state index contributed by atoms with van der Waals surface area (Å²) in [4.78, 5) is 0. The zero-order chi connectivity index (χ0) is 12.3. The molecule has 0 aromatic heterocycles. The fraction of sp³-hybridized carbons (Fsp3) is 1.00. The van der Waals surface area contributed by atoms with Gasteiger partial charge in [-0.3, -0.25) is 0 Å². The summed E-state index contributed by atoms with van der Waals surface area (Å²) in [5.74, 6) is 0.960. The van der Waals surface area contributed by atoms with Gasteiger partial charge in [-0.25, -0.2) is 0 Å². The van der Waals surface area contributed by atoms with Gasteiger partial charge in [-0.05, 0) is 32.2 Å². The van der Waals surface area contributed by atoms with Crippen LogP contribution in [0.5, 0.6) is 0 Å². The maximum absolute atomic E-state index is 3.60. The van der Waals surface area contributed by atoms with Gasteiger partial charge in [-0.15, -0.1) is 0 Å². The first-order chi connectivity index (χ1) is 8.38. The van der Waals surface area contributed by atoms with Crippen LogP contribution in [0.1, 0.15) is 84.0 Å². The van der Waals surface area contributed by atoms with Crippen molar-refractivity contribution in [2.45, 2.75) is 90.0 Å². The predicted octanol–water partition coefficient (Wildman–Crippen LogP) is 4.91. The zero-order valence-electron chi connectivity index (χ0n) is 12.1. The third-order valence-corrected chi connectivity index (χ3v) is 4.46. The standard InChI is InChI=1S/C16H33N/c1-3-4-5-11-14-16(17-2)15-12-9-7-6-8-10-13-15/h15-17H,3-14H2,1-2H3. The molecule has 0 aromatic carbocycles. The highest BCUT2D eigenvalue weighted by atomic mass is 14.9. The second kappa shape index (κ2) is 9.94. The fourth-order valence-corrected chi connectivity index (χ4v) is 3.30. The third kappa shape index (κ3) is 6.45. The van der Waals surface area contributed by atoms with E-state index in [1.54, 1.807) is 0 Å². The molecule has 0 amide bonds. The molecule has 0 bridgehead atoms. The Morgan fingerprint density at radius 1 is 0.941 bits per heavy atom. The monoisotopic (exact) mass is 239 g/mol. The molecular formula is C16H33N. The number of hydrogen-bond donors (Lipinski definition) is 1. The molecule has 1 fully saturated rings. The van der Waals surface area contributed by atoms with Crippen molar-refractivity contribution in [1.82, 2.24) is 5.32 Å². The summed E-state index contributed by atoms with van der Waals surface area (Å²) in [6.45, 7) is 2.30. The van der Waals surface area contributed by atoms with Crippen LogP contribution in [0.15, 0.2) is 0 Å². The molecular weight excluding hydrogens is 206 g/mol. The molecule has 1 unspecified atom stereocenters. The highest BCUT2D eigenvalue weighted by Gasteiger charge is 2.20.